The van der Waals surface area contributed by atoms with E-state index >= 15 is 0 Å². The van der Waals surface area contributed by atoms with Crippen LogP contribution in [-0.2, 0) is 4.79 Å². The first-order chi connectivity index (χ1) is 15.4. The summed E-state index contributed by atoms with van der Waals surface area (Å²) in [6, 6.07) is 16.1. The zero-order valence-electron chi connectivity index (χ0n) is 18.6. The maximum Gasteiger partial charge on any atom is 0.234 e. The van der Waals surface area contributed by atoms with Gasteiger partial charge in [-0.25, -0.2) is 0 Å². The highest BCUT2D eigenvalue weighted by Gasteiger charge is 2.18. The first-order valence-electron chi connectivity index (χ1n) is 10.4. The smallest absolute Gasteiger partial charge is 0.234 e. The summed E-state index contributed by atoms with van der Waals surface area (Å²) >= 11 is 1.37. The van der Waals surface area contributed by atoms with Crippen LogP contribution in [0.1, 0.15) is 22.3 Å². The number of aromatic nitrogens is 4. The van der Waals surface area contributed by atoms with Crippen LogP contribution in [0.15, 0.2) is 66.1 Å². The number of anilines is 1. The molecule has 0 saturated heterocycles. The van der Waals surface area contributed by atoms with Gasteiger partial charge >= 0.3 is 0 Å². The molecule has 0 bridgehead atoms. The summed E-state index contributed by atoms with van der Waals surface area (Å²) in [6.07, 6.45) is 3.47. The Morgan fingerprint density at radius 3 is 2.41 bits per heavy atom. The lowest BCUT2D eigenvalue weighted by Gasteiger charge is -2.12. The molecule has 4 aromatic rings. The first-order valence-corrected chi connectivity index (χ1v) is 11.3. The molecular formula is C25H25N5OS. The van der Waals surface area contributed by atoms with Crippen LogP contribution >= 0.6 is 11.8 Å². The molecule has 1 amide bonds. The third kappa shape index (κ3) is 4.73. The molecule has 0 fully saturated rings. The predicted octanol–water partition coefficient (Wildman–Crippen LogP) is 5.29. The monoisotopic (exact) mass is 443 g/mol. The highest BCUT2D eigenvalue weighted by molar-refractivity contribution is 7.99. The van der Waals surface area contributed by atoms with Crippen LogP contribution in [-0.4, -0.2) is 31.4 Å². The molecular weight excluding hydrogens is 418 g/mol. The summed E-state index contributed by atoms with van der Waals surface area (Å²) in [7, 11) is 0. The van der Waals surface area contributed by atoms with Gasteiger partial charge in [0, 0.05) is 23.6 Å². The molecule has 0 saturated carbocycles. The molecule has 2 aromatic heterocycles. The van der Waals surface area contributed by atoms with Crippen molar-refractivity contribution in [1.82, 2.24) is 19.7 Å². The lowest BCUT2D eigenvalue weighted by molar-refractivity contribution is -0.113. The van der Waals surface area contributed by atoms with Crippen molar-refractivity contribution in [2.45, 2.75) is 32.9 Å². The fourth-order valence-electron chi connectivity index (χ4n) is 3.34. The van der Waals surface area contributed by atoms with Gasteiger partial charge in [-0.2, -0.15) is 0 Å². The van der Waals surface area contributed by atoms with Crippen LogP contribution < -0.4 is 5.32 Å². The zero-order chi connectivity index (χ0) is 22.7. The van der Waals surface area contributed by atoms with Crippen molar-refractivity contribution in [1.29, 1.82) is 0 Å². The maximum absolute atomic E-state index is 12.7. The standard InChI is InChI=1S/C25H25N5OS/c1-16-5-6-18(3)22(13-16)27-23(31)15-32-25-29-28-24(20-9-11-26-12-10-20)30(25)21-8-7-17(2)19(4)14-21/h5-14H,15H2,1-4H3,(H,27,31). The summed E-state index contributed by atoms with van der Waals surface area (Å²) in [5.74, 6) is 0.865. The van der Waals surface area contributed by atoms with Crippen molar-refractivity contribution in [3.63, 3.8) is 0 Å². The van der Waals surface area contributed by atoms with E-state index in [1.54, 1.807) is 12.4 Å². The highest BCUT2D eigenvalue weighted by atomic mass is 32.2. The largest absolute Gasteiger partial charge is 0.325 e. The minimum absolute atomic E-state index is 0.0798. The second-order valence-electron chi connectivity index (χ2n) is 7.80. The van der Waals surface area contributed by atoms with Gasteiger partial charge in [0.1, 0.15) is 0 Å². The van der Waals surface area contributed by atoms with Crippen LogP contribution in [0.5, 0.6) is 0 Å². The number of pyridine rings is 1. The molecule has 32 heavy (non-hydrogen) atoms. The van der Waals surface area contributed by atoms with E-state index in [4.69, 9.17) is 0 Å². The predicted molar refractivity (Wildman–Crippen MR) is 129 cm³/mol. The first kappa shape index (κ1) is 21.8. The fourth-order valence-corrected chi connectivity index (χ4v) is 4.09. The van der Waals surface area contributed by atoms with Crippen LogP contribution in [0.25, 0.3) is 17.1 Å². The molecule has 0 spiro atoms. The van der Waals surface area contributed by atoms with Gasteiger partial charge in [-0.3, -0.25) is 14.3 Å². The Hall–Kier alpha value is -3.45. The van der Waals surface area contributed by atoms with Crippen molar-refractivity contribution in [3.05, 3.63) is 83.2 Å². The molecule has 0 aliphatic heterocycles. The SMILES string of the molecule is Cc1ccc(C)c(NC(=O)CSc2nnc(-c3ccncc3)n2-c2ccc(C)c(C)c2)c1. The molecule has 0 aliphatic carbocycles. The van der Waals surface area contributed by atoms with Crippen molar-refractivity contribution in [2.75, 3.05) is 11.1 Å². The molecule has 2 aromatic carbocycles. The molecule has 0 unspecified atom stereocenters. The number of amides is 1. The van der Waals surface area contributed by atoms with E-state index < -0.39 is 0 Å². The zero-order valence-corrected chi connectivity index (χ0v) is 19.4. The van der Waals surface area contributed by atoms with Gasteiger partial charge in [-0.15, -0.1) is 10.2 Å². The Morgan fingerprint density at radius 2 is 1.66 bits per heavy atom. The fraction of sp³-hybridized carbons (Fsp3) is 0.200. The van der Waals surface area contributed by atoms with E-state index in [2.05, 4.69) is 52.5 Å². The second-order valence-corrected chi connectivity index (χ2v) is 8.74. The molecule has 0 aliphatic rings. The van der Waals surface area contributed by atoms with E-state index in [1.165, 1.54) is 22.9 Å². The van der Waals surface area contributed by atoms with Crippen LogP contribution in [0.4, 0.5) is 5.69 Å². The normalized spacial score (nSPS) is 10.9. The highest BCUT2D eigenvalue weighted by Crippen LogP contribution is 2.29. The number of benzene rings is 2. The summed E-state index contributed by atoms with van der Waals surface area (Å²) < 4.78 is 2.00. The number of carbonyl (C=O) groups excluding carboxylic acids is 1. The topological polar surface area (TPSA) is 72.7 Å². The van der Waals surface area contributed by atoms with Crippen LogP contribution in [0.3, 0.4) is 0 Å². The summed E-state index contributed by atoms with van der Waals surface area (Å²) in [5, 5.41) is 12.5. The number of thioether (sulfide) groups is 1. The van der Waals surface area contributed by atoms with Gasteiger partial charge in [0.25, 0.3) is 0 Å². The molecule has 6 nitrogen and oxygen atoms in total. The maximum atomic E-state index is 12.7. The van der Waals surface area contributed by atoms with E-state index in [-0.39, 0.29) is 11.7 Å². The van der Waals surface area contributed by atoms with Crippen LogP contribution in [0.2, 0.25) is 0 Å². The van der Waals surface area contributed by atoms with Gasteiger partial charge in [0.15, 0.2) is 11.0 Å². The average Bonchev–Trinajstić information content (AvgIpc) is 3.21. The van der Waals surface area contributed by atoms with E-state index in [0.29, 0.717) is 11.0 Å². The van der Waals surface area contributed by atoms with E-state index in [1.807, 2.05) is 48.7 Å². The van der Waals surface area contributed by atoms with Crippen molar-refractivity contribution in [2.24, 2.45) is 0 Å². The Balaban J connectivity index is 1.62. The Morgan fingerprint density at radius 1 is 0.906 bits per heavy atom. The van der Waals surface area contributed by atoms with E-state index in [0.717, 1.165) is 28.1 Å². The average molecular weight is 444 g/mol. The lowest BCUT2D eigenvalue weighted by Crippen LogP contribution is -2.15. The number of carbonyl (C=O) groups is 1. The number of rotatable bonds is 6. The van der Waals surface area contributed by atoms with Crippen molar-refractivity contribution >= 4 is 23.4 Å². The quantitative estimate of drug-likeness (QED) is 0.410. The number of hydrogen-bond acceptors (Lipinski definition) is 5. The summed E-state index contributed by atoms with van der Waals surface area (Å²) in [4.78, 5) is 16.8. The Bertz CT molecular complexity index is 1270. The molecule has 1 N–H and O–H groups in total. The Labute approximate surface area is 192 Å². The lowest BCUT2D eigenvalue weighted by atomic mass is 10.1. The summed E-state index contributed by atoms with van der Waals surface area (Å²) in [5.41, 5.74) is 7.25. The third-order valence-corrected chi connectivity index (χ3v) is 6.25. The van der Waals surface area contributed by atoms with Gasteiger partial charge in [0.05, 0.1) is 11.4 Å². The number of aryl methyl sites for hydroxylation is 4. The molecule has 162 valence electrons. The van der Waals surface area contributed by atoms with Gasteiger partial charge in [-0.1, -0.05) is 30.0 Å². The van der Waals surface area contributed by atoms with Gasteiger partial charge in [0.2, 0.25) is 5.91 Å². The minimum Gasteiger partial charge on any atom is -0.325 e. The third-order valence-electron chi connectivity index (χ3n) is 5.32. The van der Waals surface area contributed by atoms with Gasteiger partial charge < -0.3 is 5.32 Å². The van der Waals surface area contributed by atoms with E-state index in [9.17, 15) is 4.79 Å². The molecule has 4 rings (SSSR count). The van der Waals surface area contributed by atoms with Crippen LogP contribution in [0, 0.1) is 27.7 Å². The summed E-state index contributed by atoms with van der Waals surface area (Å²) in [6.45, 7) is 8.16. The number of nitrogens with zero attached hydrogens (tertiary/aromatic N) is 4. The van der Waals surface area contributed by atoms with Crippen molar-refractivity contribution in [3.8, 4) is 17.1 Å². The molecule has 0 atom stereocenters. The minimum atomic E-state index is -0.0798. The molecule has 0 radical (unpaired) electrons. The Kier molecular flexibility index (Phi) is 6.37. The molecule has 2 heterocycles. The second kappa shape index (κ2) is 9.36. The molecule has 7 heteroatoms. The van der Waals surface area contributed by atoms with Crippen molar-refractivity contribution < 1.29 is 4.79 Å². The number of hydrogen-bond donors (Lipinski definition) is 1. The number of nitrogens with one attached hydrogen (secondary N) is 1. The van der Waals surface area contributed by atoms with Gasteiger partial charge in [-0.05, 0) is 80.3 Å².